The average Bonchev–Trinajstić information content (AvgIpc) is 2.27. The third-order valence-electron chi connectivity index (χ3n) is 2.34. The molecule has 0 saturated heterocycles. The number of nitrogens with two attached hydrogens (primary N) is 1. The van der Waals surface area contributed by atoms with Crippen LogP contribution in [-0.4, -0.2) is 0 Å². The standard InChI is InChI=1S/C13H9ClF3NO/c14-12-7-10(4-5-11(12)13(15,16)17)19-9-3-1-2-8(18)6-9/h1-7H,18H2. The Labute approximate surface area is 112 Å². The number of anilines is 1. The minimum absolute atomic E-state index is 0.212. The Morgan fingerprint density at radius 2 is 1.68 bits per heavy atom. The van der Waals surface area contributed by atoms with Crippen LogP contribution in [0.5, 0.6) is 11.5 Å². The lowest BCUT2D eigenvalue weighted by atomic mass is 10.2. The summed E-state index contributed by atoms with van der Waals surface area (Å²) in [6.07, 6.45) is -4.48. The van der Waals surface area contributed by atoms with Gasteiger partial charge in [-0.15, -0.1) is 0 Å². The highest BCUT2D eigenvalue weighted by Gasteiger charge is 2.33. The summed E-state index contributed by atoms with van der Waals surface area (Å²) in [6.45, 7) is 0. The molecule has 100 valence electrons. The van der Waals surface area contributed by atoms with Gasteiger partial charge in [-0.3, -0.25) is 0 Å². The van der Waals surface area contributed by atoms with Crippen molar-refractivity contribution in [3.8, 4) is 11.5 Å². The molecule has 0 amide bonds. The molecule has 2 nitrogen and oxygen atoms in total. The van der Waals surface area contributed by atoms with E-state index in [4.69, 9.17) is 22.1 Å². The van der Waals surface area contributed by atoms with Crippen LogP contribution in [0.4, 0.5) is 18.9 Å². The fourth-order valence-electron chi connectivity index (χ4n) is 1.50. The van der Waals surface area contributed by atoms with Gasteiger partial charge in [-0.2, -0.15) is 13.2 Å². The number of halogens is 4. The molecular weight excluding hydrogens is 279 g/mol. The van der Waals surface area contributed by atoms with Crippen molar-refractivity contribution in [2.75, 3.05) is 5.73 Å². The molecule has 2 aromatic rings. The highest BCUT2D eigenvalue weighted by atomic mass is 35.5. The summed E-state index contributed by atoms with van der Waals surface area (Å²) in [4.78, 5) is 0. The number of benzene rings is 2. The molecule has 0 fully saturated rings. The number of hydrogen-bond donors (Lipinski definition) is 1. The summed E-state index contributed by atoms with van der Waals surface area (Å²) in [5.74, 6) is 0.638. The van der Waals surface area contributed by atoms with Gasteiger partial charge in [0.15, 0.2) is 0 Å². The molecule has 19 heavy (non-hydrogen) atoms. The zero-order valence-corrected chi connectivity index (χ0v) is 10.3. The first-order chi connectivity index (χ1) is 8.86. The first kappa shape index (κ1) is 13.5. The molecule has 6 heteroatoms. The molecular formula is C13H9ClF3NO. The van der Waals surface area contributed by atoms with Crippen molar-refractivity contribution in [3.05, 3.63) is 53.1 Å². The third-order valence-corrected chi connectivity index (χ3v) is 2.65. The highest BCUT2D eigenvalue weighted by Crippen LogP contribution is 2.37. The highest BCUT2D eigenvalue weighted by molar-refractivity contribution is 6.31. The largest absolute Gasteiger partial charge is 0.457 e. The van der Waals surface area contributed by atoms with Crippen LogP contribution in [0.25, 0.3) is 0 Å². The van der Waals surface area contributed by atoms with Crippen molar-refractivity contribution in [3.63, 3.8) is 0 Å². The lowest BCUT2D eigenvalue weighted by molar-refractivity contribution is -0.137. The molecule has 2 rings (SSSR count). The molecule has 0 aliphatic carbocycles. The van der Waals surface area contributed by atoms with E-state index in [2.05, 4.69) is 0 Å². The Hall–Kier alpha value is -1.88. The molecule has 0 aromatic heterocycles. The first-order valence-corrected chi connectivity index (χ1v) is 5.64. The fourth-order valence-corrected chi connectivity index (χ4v) is 1.78. The van der Waals surface area contributed by atoms with Crippen molar-refractivity contribution in [1.82, 2.24) is 0 Å². The van der Waals surface area contributed by atoms with E-state index in [0.717, 1.165) is 12.1 Å². The van der Waals surface area contributed by atoms with E-state index < -0.39 is 16.8 Å². The third kappa shape index (κ3) is 3.32. The molecule has 0 bridgehead atoms. The summed E-state index contributed by atoms with van der Waals surface area (Å²) >= 11 is 5.59. The first-order valence-electron chi connectivity index (χ1n) is 5.26. The van der Waals surface area contributed by atoms with Crippen molar-refractivity contribution in [1.29, 1.82) is 0 Å². The van der Waals surface area contributed by atoms with Crippen molar-refractivity contribution >= 4 is 17.3 Å². The lowest BCUT2D eigenvalue weighted by Crippen LogP contribution is -2.05. The second kappa shape index (κ2) is 5.01. The number of alkyl halides is 3. The lowest BCUT2D eigenvalue weighted by Gasteiger charge is -2.11. The summed E-state index contributed by atoms with van der Waals surface area (Å²) in [7, 11) is 0. The van der Waals surface area contributed by atoms with Gasteiger partial charge >= 0.3 is 6.18 Å². The van der Waals surface area contributed by atoms with Crippen molar-refractivity contribution in [2.24, 2.45) is 0 Å². The predicted octanol–water partition coefficient (Wildman–Crippen LogP) is 4.73. The average molecular weight is 288 g/mol. The number of rotatable bonds is 2. The Bertz CT molecular complexity index is 599. The smallest absolute Gasteiger partial charge is 0.417 e. The Balaban J connectivity index is 2.26. The van der Waals surface area contributed by atoms with Gasteiger partial charge in [0.1, 0.15) is 11.5 Å². The SMILES string of the molecule is Nc1cccc(Oc2ccc(C(F)(F)F)c(Cl)c2)c1. The normalized spacial score (nSPS) is 11.4. The van der Waals surface area contributed by atoms with E-state index in [9.17, 15) is 13.2 Å². The van der Waals surface area contributed by atoms with Crippen LogP contribution in [0.2, 0.25) is 5.02 Å². The van der Waals surface area contributed by atoms with Gasteiger partial charge < -0.3 is 10.5 Å². The number of ether oxygens (including phenoxy) is 1. The van der Waals surface area contributed by atoms with Gasteiger partial charge in [0.05, 0.1) is 10.6 Å². The van der Waals surface area contributed by atoms with Gasteiger partial charge in [-0.05, 0) is 24.3 Å². The van der Waals surface area contributed by atoms with Gasteiger partial charge in [0, 0.05) is 17.8 Å². The topological polar surface area (TPSA) is 35.2 Å². The van der Waals surface area contributed by atoms with E-state index in [1.165, 1.54) is 6.07 Å². The summed E-state index contributed by atoms with van der Waals surface area (Å²) in [5, 5.41) is -0.408. The predicted molar refractivity (Wildman–Crippen MR) is 67.4 cm³/mol. The van der Waals surface area contributed by atoms with Crippen LogP contribution in [0.1, 0.15) is 5.56 Å². The van der Waals surface area contributed by atoms with Crippen LogP contribution < -0.4 is 10.5 Å². The van der Waals surface area contributed by atoms with E-state index >= 15 is 0 Å². The minimum Gasteiger partial charge on any atom is -0.457 e. The molecule has 0 aliphatic heterocycles. The molecule has 2 aromatic carbocycles. The minimum atomic E-state index is -4.48. The number of hydrogen-bond acceptors (Lipinski definition) is 2. The van der Waals surface area contributed by atoms with E-state index in [0.29, 0.717) is 11.4 Å². The quantitative estimate of drug-likeness (QED) is 0.810. The van der Waals surface area contributed by atoms with Gasteiger partial charge in [-0.25, -0.2) is 0 Å². The molecule has 0 radical (unpaired) electrons. The fraction of sp³-hybridized carbons (Fsp3) is 0.0769. The van der Waals surface area contributed by atoms with Crippen molar-refractivity contribution in [2.45, 2.75) is 6.18 Å². The van der Waals surface area contributed by atoms with Gasteiger partial charge in [-0.1, -0.05) is 17.7 Å². The molecule has 2 N–H and O–H groups in total. The zero-order valence-electron chi connectivity index (χ0n) is 9.54. The molecule has 0 aliphatic rings. The van der Waals surface area contributed by atoms with E-state index in [1.807, 2.05) is 0 Å². The van der Waals surface area contributed by atoms with Crippen LogP contribution >= 0.6 is 11.6 Å². The summed E-state index contributed by atoms with van der Waals surface area (Å²) < 4.78 is 42.9. The van der Waals surface area contributed by atoms with E-state index in [-0.39, 0.29) is 5.75 Å². The van der Waals surface area contributed by atoms with Crippen LogP contribution in [0, 0.1) is 0 Å². The zero-order chi connectivity index (χ0) is 14.0. The maximum absolute atomic E-state index is 12.5. The van der Waals surface area contributed by atoms with Gasteiger partial charge in [0.2, 0.25) is 0 Å². The molecule has 0 saturated carbocycles. The maximum Gasteiger partial charge on any atom is 0.417 e. The molecule has 0 unspecified atom stereocenters. The van der Waals surface area contributed by atoms with Crippen LogP contribution in [0.15, 0.2) is 42.5 Å². The molecule has 0 spiro atoms. The second-order valence-corrected chi connectivity index (χ2v) is 4.22. The Morgan fingerprint density at radius 3 is 2.26 bits per heavy atom. The summed E-state index contributed by atoms with van der Waals surface area (Å²) in [6, 6.07) is 9.76. The van der Waals surface area contributed by atoms with E-state index in [1.54, 1.807) is 24.3 Å². The molecule has 0 atom stereocenters. The second-order valence-electron chi connectivity index (χ2n) is 3.81. The Kier molecular flexibility index (Phi) is 3.57. The van der Waals surface area contributed by atoms with Crippen LogP contribution in [-0.2, 0) is 6.18 Å². The van der Waals surface area contributed by atoms with Crippen molar-refractivity contribution < 1.29 is 17.9 Å². The number of nitrogen functional groups attached to an aromatic ring is 1. The Morgan fingerprint density at radius 1 is 1.00 bits per heavy atom. The van der Waals surface area contributed by atoms with Gasteiger partial charge in [0.25, 0.3) is 0 Å². The van der Waals surface area contributed by atoms with Crippen LogP contribution in [0.3, 0.4) is 0 Å². The summed E-state index contributed by atoms with van der Waals surface area (Å²) in [5.41, 5.74) is 5.17. The molecule has 0 heterocycles. The monoisotopic (exact) mass is 287 g/mol. The maximum atomic E-state index is 12.5.